The van der Waals surface area contributed by atoms with Gasteiger partial charge in [0, 0.05) is 29.9 Å². The first-order valence-electron chi connectivity index (χ1n) is 9.90. The number of carbonyl (C=O) groups is 1. The molecule has 0 fully saturated rings. The molecule has 0 radical (unpaired) electrons. The molecule has 3 N–H and O–H groups in total. The van der Waals surface area contributed by atoms with Crippen molar-refractivity contribution in [2.45, 2.75) is 26.1 Å². The number of halogens is 1. The van der Waals surface area contributed by atoms with E-state index in [1.807, 2.05) is 19.1 Å². The number of oxazole rings is 1. The number of nitrogens with one attached hydrogen (secondary N) is 1. The Morgan fingerprint density at radius 3 is 2.73 bits per heavy atom. The molecule has 0 saturated heterocycles. The van der Waals surface area contributed by atoms with E-state index in [2.05, 4.69) is 15.4 Å². The van der Waals surface area contributed by atoms with Crippen LogP contribution in [0.5, 0.6) is 11.8 Å². The van der Waals surface area contributed by atoms with Crippen LogP contribution in [0.4, 0.5) is 0 Å². The van der Waals surface area contributed by atoms with Gasteiger partial charge in [-0.15, -0.1) is 0 Å². The minimum Gasteiger partial charge on any atom is -0.494 e. The molecule has 0 bridgehead atoms. The minimum atomic E-state index is -0.426. The monoisotopic (exact) mass is 466 g/mol. The lowest BCUT2D eigenvalue weighted by atomic mass is 10.1. The Bertz CT molecular complexity index is 1330. The van der Waals surface area contributed by atoms with Crippen molar-refractivity contribution >= 4 is 17.5 Å². The summed E-state index contributed by atoms with van der Waals surface area (Å²) in [4.78, 5) is 16.6. The van der Waals surface area contributed by atoms with Gasteiger partial charge in [-0.25, -0.2) is 4.98 Å². The summed E-state index contributed by atoms with van der Waals surface area (Å²) in [6.07, 6.45) is 3.00. The molecule has 0 saturated carbocycles. The summed E-state index contributed by atoms with van der Waals surface area (Å²) in [5, 5.41) is 36.1. The van der Waals surface area contributed by atoms with Crippen molar-refractivity contribution < 1.29 is 19.4 Å². The topological polar surface area (TPSA) is 142 Å². The first kappa shape index (κ1) is 22.0. The van der Waals surface area contributed by atoms with Crippen molar-refractivity contribution in [3.05, 3.63) is 71.0 Å². The molecule has 11 heteroatoms. The summed E-state index contributed by atoms with van der Waals surface area (Å²) in [6, 6.07) is 11.4. The molecule has 4 aromatic rings. The van der Waals surface area contributed by atoms with Crippen LogP contribution in [0.25, 0.3) is 11.3 Å². The largest absolute Gasteiger partial charge is 0.494 e. The number of carbonyl (C=O) groups excluding carboxylic acids is 1. The molecule has 168 valence electrons. The molecule has 1 amide bonds. The van der Waals surface area contributed by atoms with Crippen LogP contribution >= 0.6 is 11.6 Å². The number of aromatic nitrogens is 4. The molecular formula is C22H19ClN6O4. The van der Waals surface area contributed by atoms with Crippen LogP contribution in [0.3, 0.4) is 0 Å². The third-order valence-corrected chi connectivity index (χ3v) is 5.19. The van der Waals surface area contributed by atoms with Crippen molar-refractivity contribution in [1.29, 1.82) is 5.26 Å². The van der Waals surface area contributed by atoms with Gasteiger partial charge in [-0.1, -0.05) is 17.7 Å². The van der Waals surface area contributed by atoms with E-state index in [1.165, 1.54) is 23.0 Å². The molecule has 4 rings (SSSR count). The molecule has 3 heterocycles. The SMILES string of the molecule is CC(Cn1ccc(-c2ccc(C#N)c(Cl)c2)n1)NC(=O)c1coc(Cn2c(O)ccc2O)n1. The van der Waals surface area contributed by atoms with Crippen LogP contribution in [0, 0.1) is 11.3 Å². The highest BCUT2D eigenvalue weighted by atomic mass is 35.5. The van der Waals surface area contributed by atoms with Gasteiger partial charge in [0.15, 0.2) is 17.5 Å². The van der Waals surface area contributed by atoms with Crippen molar-refractivity contribution in [1.82, 2.24) is 24.6 Å². The predicted octanol–water partition coefficient (Wildman–Crippen LogP) is 3.14. The zero-order valence-electron chi connectivity index (χ0n) is 17.4. The summed E-state index contributed by atoms with van der Waals surface area (Å²) < 4.78 is 8.16. The molecule has 0 spiro atoms. The second-order valence-corrected chi connectivity index (χ2v) is 7.77. The van der Waals surface area contributed by atoms with Gasteiger partial charge in [-0.2, -0.15) is 10.4 Å². The summed E-state index contributed by atoms with van der Waals surface area (Å²) in [7, 11) is 0. The number of rotatable bonds is 7. The second-order valence-electron chi connectivity index (χ2n) is 7.37. The van der Waals surface area contributed by atoms with E-state index in [1.54, 1.807) is 29.1 Å². The fraction of sp³-hybridized carbons (Fsp3) is 0.182. The van der Waals surface area contributed by atoms with Gasteiger partial charge in [0.25, 0.3) is 5.91 Å². The Kier molecular flexibility index (Phi) is 6.06. The van der Waals surface area contributed by atoms with E-state index in [9.17, 15) is 15.0 Å². The van der Waals surface area contributed by atoms with Crippen LogP contribution in [-0.4, -0.2) is 41.5 Å². The van der Waals surface area contributed by atoms with E-state index >= 15 is 0 Å². The van der Waals surface area contributed by atoms with Crippen molar-refractivity contribution in [3.8, 4) is 29.1 Å². The molecule has 0 aliphatic carbocycles. The van der Waals surface area contributed by atoms with Crippen molar-refractivity contribution in [3.63, 3.8) is 0 Å². The third-order valence-electron chi connectivity index (χ3n) is 4.88. The average Bonchev–Trinajstić information content (AvgIpc) is 3.51. The predicted molar refractivity (Wildman–Crippen MR) is 118 cm³/mol. The Labute approximate surface area is 193 Å². The fourth-order valence-corrected chi connectivity index (χ4v) is 3.46. The second kappa shape index (κ2) is 9.10. The number of benzene rings is 1. The normalized spacial score (nSPS) is 11.8. The quantitative estimate of drug-likeness (QED) is 0.379. The smallest absolute Gasteiger partial charge is 0.273 e. The molecule has 33 heavy (non-hydrogen) atoms. The van der Waals surface area contributed by atoms with Crippen LogP contribution in [0.2, 0.25) is 5.02 Å². The standard InChI is InChI=1S/C22H19ClN6O4/c1-13(10-28-7-6-17(27-28)14-2-3-15(9-24)16(23)8-14)25-22(32)18-12-33-19(26-18)11-29-20(30)4-5-21(29)31/h2-8,12-13,30-31H,10-11H2,1H3,(H,25,32). The Balaban J connectivity index is 1.36. The number of hydrogen-bond acceptors (Lipinski definition) is 7. The van der Waals surface area contributed by atoms with Gasteiger partial charge >= 0.3 is 0 Å². The van der Waals surface area contributed by atoms with E-state index in [4.69, 9.17) is 21.3 Å². The zero-order valence-corrected chi connectivity index (χ0v) is 18.2. The number of nitrogens with zero attached hydrogens (tertiary/aromatic N) is 5. The average molecular weight is 467 g/mol. The maximum atomic E-state index is 12.5. The van der Waals surface area contributed by atoms with Gasteiger partial charge < -0.3 is 19.9 Å². The maximum absolute atomic E-state index is 12.5. The molecular weight excluding hydrogens is 448 g/mol. The Morgan fingerprint density at radius 1 is 1.27 bits per heavy atom. The number of aromatic hydroxyl groups is 2. The number of nitriles is 1. The van der Waals surface area contributed by atoms with Crippen molar-refractivity contribution in [2.75, 3.05) is 0 Å². The lowest BCUT2D eigenvalue weighted by Gasteiger charge is -2.12. The summed E-state index contributed by atoms with van der Waals surface area (Å²) in [5.74, 6) is -0.559. The molecule has 1 atom stereocenters. The minimum absolute atomic E-state index is 0.0249. The van der Waals surface area contributed by atoms with Gasteiger partial charge in [0.05, 0.1) is 22.8 Å². The van der Waals surface area contributed by atoms with Gasteiger partial charge in [0.1, 0.15) is 18.9 Å². The lowest BCUT2D eigenvalue weighted by Crippen LogP contribution is -2.36. The maximum Gasteiger partial charge on any atom is 0.273 e. The van der Waals surface area contributed by atoms with E-state index in [0.29, 0.717) is 22.8 Å². The molecule has 10 nitrogen and oxygen atoms in total. The molecule has 0 aliphatic heterocycles. The van der Waals surface area contributed by atoms with Gasteiger partial charge in [0.2, 0.25) is 5.89 Å². The van der Waals surface area contributed by atoms with Crippen LogP contribution in [0.1, 0.15) is 28.9 Å². The Morgan fingerprint density at radius 2 is 2.03 bits per heavy atom. The lowest BCUT2D eigenvalue weighted by molar-refractivity contribution is 0.0931. The summed E-state index contributed by atoms with van der Waals surface area (Å²) in [5.41, 5.74) is 1.95. The first-order chi connectivity index (χ1) is 15.8. The number of amides is 1. The van der Waals surface area contributed by atoms with E-state index < -0.39 is 5.91 Å². The highest BCUT2D eigenvalue weighted by Gasteiger charge is 2.17. The van der Waals surface area contributed by atoms with Crippen LogP contribution in [0.15, 0.2) is 53.3 Å². The van der Waals surface area contributed by atoms with E-state index in [0.717, 1.165) is 5.56 Å². The van der Waals surface area contributed by atoms with E-state index in [-0.39, 0.29) is 35.9 Å². The van der Waals surface area contributed by atoms with Gasteiger partial charge in [-0.3, -0.25) is 14.0 Å². The first-order valence-corrected chi connectivity index (χ1v) is 10.3. The van der Waals surface area contributed by atoms with Crippen LogP contribution in [-0.2, 0) is 13.1 Å². The fourth-order valence-electron chi connectivity index (χ4n) is 3.24. The van der Waals surface area contributed by atoms with Gasteiger partial charge in [-0.05, 0) is 25.1 Å². The molecule has 1 aromatic carbocycles. The van der Waals surface area contributed by atoms with Crippen LogP contribution < -0.4 is 5.32 Å². The zero-order chi connectivity index (χ0) is 23.5. The highest BCUT2D eigenvalue weighted by molar-refractivity contribution is 6.32. The third kappa shape index (κ3) is 4.83. The summed E-state index contributed by atoms with van der Waals surface area (Å²) in [6.45, 7) is 2.21. The molecule has 3 aromatic heterocycles. The molecule has 0 aliphatic rings. The molecule has 1 unspecified atom stereocenters. The number of hydrogen-bond donors (Lipinski definition) is 3. The Hall–Kier alpha value is -4.23. The summed E-state index contributed by atoms with van der Waals surface area (Å²) >= 11 is 6.10. The van der Waals surface area contributed by atoms with Crippen molar-refractivity contribution in [2.24, 2.45) is 0 Å². The highest BCUT2D eigenvalue weighted by Crippen LogP contribution is 2.24.